The van der Waals surface area contributed by atoms with Gasteiger partial charge in [-0.3, -0.25) is 14.5 Å². The molecule has 1 aliphatic rings. The van der Waals surface area contributed by atoms with Gasteiger partial charge < -0.3 is 5.11 Å². The van der Waals surface area contributed by atoms with E-state index < -0.39 is 17.7 Å². The number of carbonyl (C=O) groups is 2. The van der Waals surface area contributed by atoms with E-state index in [1.165, 1.54) is 27.6 Å². The van der Waals surface area contributed by atoms with Gasteiger partial charge in [-0.05, 0) is 18.4 Å². The van der Waals surface area contributed by atoms with Crippen molar-refractivity contribution in [3.05, 3.63) is 74.9 Å². The number of aryl methyl sites for hydroxylation is 1. The zero-order valence-electron chi connectivity index (χ0n) is 13.7. The van der Waals surface area contributed by atoms with Gasteiger partial charge in [0, 0.05) is 22.0 Å². The standard InChI is InChI=1S/C19H14N2O3S2/c1-11-4-6-12(7-5-11)16(22)14-15(13-3-2-9-25-13)21(18(24)17(14)23)19-20-8-10-26-19/h2-10,15,22H,1H3. The summed E-state index contributed by atoms with van der Waals surface area (Å²) < 4.78 is 0. The summed E-state index contributed by atoms with van der Waals surface area (Å²) >= 11 is 2.71. The van der Waals surface area contributed by atoms with Crippen LogP contribution in [0, 0.1) is 6.92 Å². The van der Waals surface area contributed by atoms with Gasteiger partial charge in [-0.2, -0.15) is 0 Å². The number of rotatable bonds is 3. The van der Waals surface area contributed by atoms with Crippen molar-refractivity contribution < 1.29 is 14.7 Å². The SMILES string of the molecule is Cc1ccc(C(O)=C2C(=O)C(=O)N(c3nccs3)C2c2cccs2)cc1. The van der Waals surface area contributed by atoms with E-state index >= 15 is 0 Å². The van der Waals surface area contributed by atoms with E-state index in [0.717, 1.165) is 10.4 Å². The number of Topliss-reactive ketones (excluding diaryl/α,β-unsaturated/α-hetero) is 1. The monoisotopic (exact) mass is 382 g/mol. The first-order valence-corrected chi connectivity index (χ1v) is 9.65. The molecule has 130 valence electrons. The van der Waals surface area contributed by atoms with Crippen molar-refractivity contribution in [3.8, 4) is 0 Å². The number of ketones is 1. The molecule has 26 heavy (non-hydrogen) atoms. The first-order chi connectivity index (χ1) is 12.6. The van der Waals surface area contributed by atoms with E-state index in [0.29, 0.717) is 10.7 Å². The van der Waals surface area contributed by atoms with Crippen molar-refractivity contribution in [2.24, 2.45) is 0 Å². The Bertz CT molecular complexity index is 990. The quantitative estimate of drug-likeness (QED) is 0.420. The van der Waals surface area contributed by atoms with Crippen LogP contribution in [0.2, 0.25) is 0 Å². The zero-order valence-corrected chi connectivity index (χ0v) is 15.4. The predicted octanol–water partition coefficient (Wildman–Crippen LogP) is 4.14. The summed E-state index contributed by atoms with van der Waals surface area (Å²) in [6.45, 7) is 1.94. The minimum Gasteiger partial charge on any atom is -0.507 e. The van der Waals surface area contributed by atoms with Gasteiger partial charge in [-0.25, -0.2) is 4.98 Å². The van der Waals surface area contributed by atoms with E-state index in [1.807, 2.05) is 36.6 Å². The highest BCUT2D eigenvalue weighted by Gasteiger charge is 2.48. The summed E-state index contributed by atoms with van der Waals surface area (Å²) in [5.74, 6) is -1.54. The summed E-state index contributed by atoms with van der Waals surface area (Å²) in [7, 11) is 0. The molecular formula is C19H14N2O3S2. The maximum Gasteiger partial charge on any atom is 0.301 e. The van der Waals surface area contributed by atoms with Crippen LogP contribution in [0.1, 0.15) is 22.0 Å². The molecule has 1 atom stereocenters. The van der Waals surface area contributed by atoms with Gasteiger partial charge in [0.1, 0.15) is 11.8 Å². The summed E-state index contributed by atoms with van der Waals surface area (Å²) in [6, 6.07) is 10.2. The number of thiazole rings is 1. The Hall–Kier alpha value is -2.77. The molecule has 0 radical (unpaired) electrons. The van der Waals surface area contributed by atoms with Crippen molar-refractivity contribution in [3.63, 3.8) is 0 Å². The van der Waals surface area contributed by atoms with Gasteiger partial charge in [0.05, 0.1) is 5.57 Å². The molecule has 0 spiro atoms. The van der Waals surface area contributed by atoms with Crippen molar-refractivity contribution in [2.75, 3.05) is 4.90 Å². The van der Waals surface area contributed by atoms with Crippen LogP contribution in [0.3, 0.4) is 0 Å². The second kappa shape index (κ2) is 6.51. The molecule has 5 nitrogen and oxygen atoms in total. The number of aromatic nitrogens is 1. The molecule has 1 N–H and O–H groups in total. The lowest BCUT2D eigenvalue weighted by molar-refractivity contribution is -0.132. The maximum absolute atomic E-state index is 12.8. The Labute approximate surface area is 157 Å². The summed E-state index contributed by atoms with van der Waals surface area (Å²) in [6.07, 6.45) is 1.59. The van der Waals surface area contributed by atoms with E-state index in [2.05, 4.69) is 4.98 Å². The van der Waals surface area contributed by atoms with Crippen LogP contribution in [0.15, 0.2) is 58.9 Å². The molecular weight excluding hydrogens is 368 g/mol. The van der Waals surface area contributed by atoms with Crippen molar-refractivity contribution in [1.29, 1.82) is 0 Å². The number of benzene rings is 1. The third-order valence-corrected chi connectivity index (χ3v) is 5.90. The highest BCUT2D eigenvalue weighted by molar-refractivity contribution is 7.14. The molecule has 2 aromatic heterocycles. The van der Waals surface area contributed by atoms with Crippen LogP contribution in [-0.4, -0.2) is 21.8 Å². The van der Waals surface area contributed by atoms with Crippen LogP contribution in [0.4, 0.5) is 5.13 Å². The number of aliphatic hydroxyl groups excluding tert-OH is 1. The van der Waals surface area contributed by atoms with E-state index in [-0.39, 0.29) is 11.3 Å². The van der Waals surface area contributed by atoms with Crippen molar-refractivity contribution in [1.82, 2.24) is 4.98 Å². The molecule has 0 bridgehead atoms. The molecule has 3 aromatic rings. The summed E-state index contributed by atoms with van der Waals surface area (Å²) in [5, 5.41) is 14.9. The normalized spacial score (nSPS) is 19.3. The Morgan fingerprint density at radius 2 is 1.88 bits per heavy atom. The fraction of sp³-hybridized carbons (Fsp3) is 0.105. The van der Waals surface area contributed by atoms with Crippen molar-refractivity contribution in [2.45, 2.75) is 13.0 Å². The number of amides is 1. The highest BCUT2D eigenvalue weighted by atomic mass is 32.1. The van der Waals surface area contributed by atoms with Crippen LogP contribution < -0.4 is 4.90 Å². The average molecular weight is 382 g/mol. The average Bonchev–Trinajstić information content (AvgIpc) is 3.37. The number of anilines is 1. The number of thiophene rings is 1. The van der Waals surface area contributed by atoms with Gasteiger partial charge in [-0.1, -0.05) is 35.9 Å². The number of carbonyl (C=O) groups excluding carboxylic acids is 2. The highest BCUT2D eigenvalue weighted by Crippen LogP contribution is 2.43. The molecule has 1 aromatic carbocycles. The molecule has 1 fully saturated rings. The lowest BCUT2D eigenvalue weighted by Crippen LogP contribution is -2.28. The number of aliphatic hydroxyl groups is 1. The molecule has 0 aliphatic carbocycles. The third-order valence-electron chi connectivity index (χ3n) is 4.21. The van der Waals surface area contributed by atoms with E-state index in [1.54, 1.807) is 23.7 Å². The first-order valence-electron chi connectivity index (χ1n) is 7.89. The molecule has 1 aliphatic heterocycles. The minimum atomic E-state index is -0.698. The molecule has 3 heterocycles. The fourth-order valence-electron chi connectivity index (χ4n) is 2.95. The lowest BCUT2D eigenvalue weighted by atomic mass is 9.99. The van der Waals surface area contributed by atoms with Gasteiger partial charge >= 0.3 is 5.91 Å². The predicted molar refractivity (Wildman–Crippen MR) is 102 cm³/mol. The van der Waals surface area contributed by atoms with Crippen LogP contribution >= 0.6 is 22.7 Å². The van der Waals surface area contributed by atoms with E-state index in [9.17, 15) is 14.7 Å². The van der Waals surface area contributed by atoms with Crippen LogP contribution in [0.25, 0.3) is 5.76 Å². The fourth-order valence-corrected chi connectivity index (χ4v) is 4.44. The summed E-state index contributed by atoms with van der Waals surface area (Å²) in [5.41, 5.74) is 1.64. The molecule has 4 rings (SSSR count). The molecule has 7 heteroatoms. The number of nitrogens with zero attached hydrogens (tertiary/aromatic N) is 2. The maximum atomic E-state index is 12.8. The molecule has 0 saturated carbocycles. The molecule has 1 saturated heterocycles. The molecule has 1 amide bonds. The van der Waals surface area contributed by atoms with E-state index in [4.69, 9.17) is 0 Å². The van der Waals surface area contributed by atoms with Gasteiger partial charge in [0.2, 0.25) is 0 Å². The number of hydrogen-bond donors (Lipinski definition) is 1. The largest absolute Gasteiger partial charge is 0.507 e. The van der Waals surface area contributed by atoms with Crippen molar-refractivity contribution >= 4 is 45.3 Å². The van der Waals surface area contributed by atoms with Gasteiger partial charge in [0.25, 0.3) is 5.78 Å². The second-order valence-corrected chi connectivity index (χ2v) is 7.72. The van der Waals surface area contributed by atoms with Crippen LogP contribution in [-0.2, 0) is 9.59 Å². The Morgan fingerprint density at radius 3 is 2.50 bits per heavy atom. The lowest BCUT2D eigenvalue weighted by Gasteiger charge is -2.21. The van der Waals surface area contributed by atoms with Gasteiger partial charge in [0.15, 0.2) is 5.13 Å². The first kappa shape index (κ1) is 16.7. The Morgan fingerprint density at radius 1 is 1.12 bits per heavy atom. The second-order valence-electron chi connectivity index (χ2n) is 5.87. The Balaban J connectivity index is 1.92. The zero-order chi connectivity index (χ0) is 18.3. The van der Waals surface area contributed by atoms with Crippen LogP contribution in [0.5, 0.6) is 0 Å². The number of hydrogen-bond acceptors (Lipinski definition) is 6. The summed E-state index contributed by atoms with van der Waals surface area (Å²) in [4.78, 5) is 31.8. The molecule has 1 unspecified atom stereocenters. The smallest absolute Gasteiger partial charge is 0.301 e. The third kappa shape index (κ3) is 2.65. The Kier molecular flexibility index (Phi) is 4.18. The topological polar surface area (TPSA) is 70.5 Å². The van der Waals surface area contributed by atoms with Gasteiger partial charge in [-0.15, -0.1) is 22.7 Å². The minimum absolute atomic E-state index is 0.0940.